The molecule has 0 bridgehead atoms. The molecule has 0 unspecified atom stereocenters. The number of hydrogen-bond donors (Lipinski definition) is 1. The zero-order chi connectivity index (χ0) is 22.7. The van der Waals surface area contributed by atoms with Crippen LogP contribution in [0.15, 0.2) is 59.8 Å². The van der Waals surface area contributed by atoms with Crippen LogP contribution in [0.4, 0.5) is 5.69 Å². The highest BCUT2D eigenvalue weighted by Crippen LogP contribution is 2.25. The number of nitrogens with zero attached hydrogens (tertiary/aromatic N) is 3. The molecule has 7 nitrogen and oxygen atoms in total. The number of anilines is 1. The summed E-state index contributed by atoms with van der Waals surface area (Å²) in [6.07, 6.45) is 5.91. The van der Waals surface area contributed by atoms with Gasteiger partial charge in [-0.2, -0.15) is 9.40 Å². The molecule has 1 N–H and O–H groups in total. The van der Waals surface area contributed by atoms with E-state index >= 15 is 0 Å². The van der Waals surface area contributed by atoms with Crippen molar-refractivity contribution in [2.24, 2.45) is 0 Å². The molecule has 0 atom stereocenters. The smallest absolute Gasteiger partial charge is 0.258 e. The van der Waals surface area contributed by atoms with Crippen LogP contribution in [0.5, 0.6) is 0 Å². The molecule has 1 fully saturated rings. The van der Waals surface area contributed by atoms with Crippen LogP contribution >= 0.6 is 11.6 Å². The van der Waals surface area contributed by atoms with E-state index in [0.717, 1.165) is 30.4 Å². The second-order valence-electron chi connectivity index (χ2n) is 7.91. The highest BCUT2D eigenvalue weighted by molar-refractivity contribution is 7.89. The number of halogens is 1. The normalized spacial score (nSPS) is 14.9. The number of rotatable bonds is 6. The van der Waals surface area contributed by atoms with Gasteiger partial charge in [0.15, 0.2) is 0 Å². The number of piperidine rings is 1. The fourth-order valence-corrected chi connectivity index (χ4v) is 5.45. The van der Waals surface area contributed by atoms with Gasteiger partial charge >= 0.3 is 0 Å². The molecule has 4 rings (SSSR count). The van der Waals surface area contributed by atoms with Gasteiger partial charge in [-0.15, -0.1) is 0 Å². The Kier molecular flexibility index (Phi) is 6.64. The Hall–Kier alpha value is -2.68. The summed E-state index contributed by atoms with van der Waals surface area (Å²) in [4.78, 5) is 13.0. The maximum atomic E-state index is 13.0. The fourth-order valence-electron chi connectivity index (χ4n) is 3.71. The SMILES string of the molecule is Cc1ccc(S(=O)(=O)N2CCCCC2)cc1NC(=O)c1cnn(Cc2ccccc2Cl)c1. The van der Waals surface area contributed by atoms with Gasteiger partial charge in [-0.3, -0.25) is 9.48 Å². The Balaban J connectivity index is 1.51. The number of carbonyl (C=O) groups is 1. The zero-order valence-electron chi connectivity index (χ0n) is 17.8. The van der Waals surface area contributed by atoms with Gasteiger partial charge in [0, 0.05) is 30.0 Å². The molecule has 2 heterocycles. The van der Waals surface area contributed by atoms with E-state index in [9.17, 15) is 13.2 Å². The summed E-state index contributed by atoms with van der Waals surface area (Å²) in [5.74, 6) is -0.356. The predicted molar refractivity (Wildman–Crippen MR) is 125 cm³/mol. The lowest BCUT2D eigenvalue weighted by Crippen LogP contribution is -2.35. The molecule has 0 spiro atoms. The van der Waals surface area contributed by atoms with E-state index in [2.05, 4.69) is 10.4 Å². The average molecular weight is 473 g/mol. The van der Waals surface area contributed by atoms with Crippen molar-refractivity contribution in [2.75, 3.05) is 18.4 Å². The monoisotopic (exact) mass is 472 g/mol. The predicted octanol–water partition coefficient (Wildman–Crippen LogP) is 4.32. The van der Waals surface area contributed by atoms with Gasteiger partial charge in [0.1, 0.15) is 0 Å². The number of hydrogen-bond acceptors (Lipinski definition) is 4. The summed E-state index contributed by atoms with van der Waals surface area (Å²) >= 11 is 6.20. The molecule has 0 aliphatic carbocycles. The van der Waals surface area contributed by atoms with Gasteiger partial charge in [-0.25, -0.2) is 8.42 Å². The summed E-state index contributed by atoms with van der Waals surface area (Å²) in [6.45, 7) is 3.33. The van der Waals surface area contributed by atoms with Crippen LogP contribution < -0.4 is 5.32 Å². The molecule has 3 aromatic rings. The van der Waals surface area contributed by atoms with Crippen molar-refractivity contribution in [3.63, 3.8) is 0 Å². The van der Waals surface area contributed by atoms with E-state index < -0.39 is 10.0 Å². The van der Waals surface area contributed by atoms with Crippen LogP contribution in [0.2, 0.25) is 5.02 Å². The molecule has 1 saturated heterocycles. The van der Waals surface area contributed by atoms with Crippen molar-refractivity contribution < 1.29 is 13.2 Å². The molecule has 168 valence electrons. The minimum absolute atomic E-state index is 0.190. The van der Waals surface area contributed by atoms with E-state index in [4.69, 9.17) is 11.6 Å². The minimum atomic E-state index is -3.58. The number of carbonyl (C=O) groups excluding carboxylic acids is 1. The second-order valence-corrected chi connectivity index (χ2v) is 10.3. The first-order valence-electron chi connectivity index (χ1n) is 10.5. The van der Waals surface area contributed by atoms with Gasteiger partial charge in [0.25, 0.3) is 5.91 Å². The Labute approximate surface area is 193 Å². The number of benzene rings is 2. The molecule has 2 aromatic carbocycles. The van der Waals surface area contributed by atoms with E-state index in [0.29, 0.717) is 35.9 Å². The standard InChI is InChI=1S/C23H25ClN4O3S/c1-17-9-10-20(32(30,31)28-11-5-2-6-12-28)13-22(17)26-23(29)19-14-25-27(16-19)15-18-7-3-4-8-21(18)24/h3-4,7-10,13-14,16H,2,5-6,11-12,15H2,1H3,(H,26,29). The molecule has 9 heteroatoms. The highest BCUT2D eigenvalue weighted by atomic mass is 35.5. The fraction of sp³-hybridized carbons (Fsp3) is 0.304. The number of amides is 1. The highest BCUT2D eigenvalue weighted by Gasteiger charge is 2.26. The number of aromatic nitrogens is 2. The Morgan fingerprint density at radius 2 is 1.88 bits per heavy atom. The van der Waals surface area contributed by atoms with Crippen LogP contribution in [-0.2, 0) is 16.6 Å². The maximum Gasteiger partial charge on any atom is 0.258 e. The van der Waals surface area contributed by atoms with E-state index in [1.807, 2.05) is 31.2 Å². The third kappa shape index (κ3) is 4.87. The van der Waals surface area contributed by atoms with Crippen molar-refractivity contribution >= 4 is 33.2 Å². The molecule has 0 radical (unpaired) electrons. The molecule has 1 aliphatic heterocycles. The molecule has 0 saturated carbocycles. The van der Waals surface area contributed by atoms with Gasteiger partial charge in [-0.1, -0.05) is 42.3 Å². The van der Waals surface area contributed by atoms with Crippen LogP contribution in [-0.4, -0.2) is 41.5 Å². The van der Waals surface area contributed by atoms with Gasteiger partial charge in [0.05, 0.1) is 23.2 Å². The van der Waals surface area contributed by atoms with E-state index in [1.54, 1.807) is 23.0 Å². The van der Waals surface area contributed by atoms with Gasteiger partial charge in [-0.05, 0) is 49.1 Å². The largest absolute Gasteiger partial charge is 0.322 e. The van der Waals surface area contributed by atoms with Crippen molar-refractivity contribution in [3.8, 4) is 0 Å². The zero-order valence-corrected chi connectivity index (χ0v) is 19.4. The van der Waals surface area contributed by atoms with Crippen molar-refractivity contribution in [2.45, 2.75) is 37.6 Å². The summed E-state index contributed by atoms with van der Waals surface area (Å²) in [5.41, 5.74) is 2.52. The van der Waals surface area contributed by atoms with Crippen LogP contribution in [0.25, 0.3) is 0 Å². The summed E-state index contributed by atoms with van der Waals surface area (Å²) in [6, 6.07) is 12.3. The van der Waals surface area contributed by atoms with Crippen molar-refractivity contribution in [1.29, 1.82) is 0 Å². The van der Waals surface area contributed by atoms with Crippen molar-refractivity contribution in [1.82, 2.24) is 14.1 Å². The maximum absolute atomic E-state index is 13.0. The number of aryl methyl sites for hydroxylation is 1. The lowest BCUT2D eigenvalue weighted by molar-refractivity contribution is 0.102. The lowest BCUT2D eigenvalue weighted by atomic mass is 10.2. The van der Waals surface area contributed by atoms with Gasteiger partial charge in [0.2, 0.25) is 10.0 Å². The Bertz CT molecular complexity index is 1230. The summed E-state index contributed by atoms with van der Waals surface area (Å²) in [7, 11) is -3.58. The van der Waals surface area contributed by atoms with Crippen molar-refractivity contribution in [3.05, 3.63) is 76.6 Å². The van der Waals surface area contributed by atoms with Crippen LogP contribution in [0.1, 0.15) is 40.7 Å². The third-order valence-electron chi connectivity index (χ3n) is 5.60. The van der Waals surface area contributed by atoms with Crippen LogP contribution in [0, 0.1) is 6.92 Å². The Morgan fingerprint density at radius 1 is 1.12 bits per heavy atom. The summed E-state index contributed by atoms with van der Waals surface area (Å²) < 4.78 is 29.2. The third-order valence-corrected chi connectivity index (χ3v) is 7.86. The molecular weight excluding hydrogens is 448 g/mol. The molecule has 1 aromatic heterocycles. The van der Waals surface area contributed by atoms with E-state index in [1.165, 1.54) is 16.6 Å². The average Bonchev–Trinajstić information content (AvgIpc) is 3.26. The lowest BCUT2D eigenvalue weighted by Gasteiger charge is -2.26. The quantitative estimate of drug-likeness (QED) is 0.579. The first kappa shape index (κ1) is 22.5. The number of sulfonamides is 1. The second kappa shape index (κ2) is 9.44. The number of nitrogens with one attached hydrogen (secondary N) is 1. The summed E-state index contributed by atoms with van der Waals surface area (Å²) in [5, 5.41) is 7.72. The topological polar surface area (TPSA) is 84.3 Å². The minimum Gasteiger partial charge on any atom is -0.322 e. The van der Waals surface area contributed by atoms with Crippen LogP contribution in [0.3, 0.4) is 0 Å². The first-order valence-corrected chi connectivity index (χ1v) is 12.3. The van der Waals surface area contributed by atoms with E-state index in [-0.39, 0.29) is 10.8 Å². The Morgan fingerprint density at radius 3 is 2.62 bits per heavy atom. The molecular formula is C23H25ClN4O3S. The molecule has 1 aliphatic rings. The van der Waals surface area contributed by atoms with Gasteiger partial charge < -0.3 is 5.32 Å². The first-order chi connectivity index (χ1) is 15.3. The molecule has 1 amide bonds. The molecule has 32 heavy (non-hydrogen) atoms.